The van der Waals surface area contributed by atoms with Crippen molar-refractivity contribution in [3.63, 3.8) is 0 Å². The first kappa shape index (κ1) is 15.7. The van der Waals surface area contributed by atoms with Gasteiger partial charge in [-0.15, -0.1) is 0 Å². The molecule has 0 bridgehead atoms. The van der Waals surface area contributed by atoms with E-state index in [9.17, 15) is 4.79 Å². The van der Waals surface area contributed by atoms with Crippen LogP contribution < -0.4 is 5.32 Å². The fourth-order valence-corrected chi connectivity index (χ4v) is 3.43. The molecule has 0 atom stereocenters. The van der Waals surface area contributed by atoms with Crippen molar-refractivity contribution >= 4 is 6.09 Å². The van der Waals surface area contributed by atoms with Gasteiger partial charge in [-0.05, 0) is 37.0 Å². The molecule has 3 rings (SSSR count). The molecule has 2 aromatic rings. The van der Waals surface area contributed by atoms with E-state index in [0.717, 1.165) is 25.7 Å². The average Bonchev–Trinajstić information content (AvgIpc) is 3.07. The topological polar surface area (TPSA) is 43.3 Å². The van der Waals surface area contributed by atoms with E-state index in [-0.39, 0.29) is 6.09 Å². The minimum atomic E-state index is -0.377. The summed E-state index contributed by atoms with van der Waals surface area (Å²) in [4.78, 5) is 11.5. The van der Waals surface area contributed by atoms with E-state index < -0.39 is 0 Å². The SMILES string of the molecule is CCCCc1c(COC(=O)NC)c(C)c2n1-c1ccccc1C2. The maximum atomic E-state index is 11.5. The number of ether oxygens (including phenoxy) is 1. The number of hydrogen-bond acceptors (Lipinski definition) is 2. The second-order valence-electron chi connectivity index (χ2n) is 6.07. The van der Waals surface area contributed by atoms with E-state index in [1.807, 2.05) is 0 Å². The Hall–Kier alpha value is -2.23. The molecule has 2 heterocycles. The van der Waals surface area contributed by atoms with Gasteiger partial charge in [0.25, 0.3) is 0 Å². The first-order valence-corrected chi connectivity index (χ1v) is 8.32. The van der Waals surface area contributed by atoms with Gasteiger partial charge in [0.15, 0.2) is 0 Å². The van der Waals surface area contributed by atoms with Gasteiger partial charge < -0.3 is 14.6 Å². The summed E-state index contributed by atoms with van der Waals surface area (Å²) in [6, 6.07) is 8.58. The Morgan fingerprint density at radius 2 is 2.13 bits per heavy atom. The number of nitrogens with one attached hydrogen (secondary N) is 1. The monoisotopic (exact) mass is 312 g/mol. The molecule has 1 aliphatic rings. The van der Waals surface area contributed by atoms with E-state index in [1.165, 1.54) is 33.8 Å². The van der Waals surface area contributed by atoms with Crippen LogP contribution in [0, 0.1) is 6.92 Å². The van der Waals surface area contributed by atoms with Crippen LogP contribution in [-0.4, -0.2) is 17.7 Å². The molecule has 0 spiro atoms. The van der Waals surface area contributed by atoms with Gasteiger partial charge in [0, 0.05) is 36.1 Å². The number of rotatable bonds is 5. The maximum Gasteiger partial charge on any atom is 0.407 e. The van der Waals surface area contributed by atoms with Crippen molar-refractivity contribution in [2.45, 2.75) is 46.1 Å². The largest absolute Gasteiger partial charge is 0.445 e. The molecule has 23 heavy (non-hydrogen) atoms. The van der Waals surface area contributed by atoms with Crippen LogP contribution in [0.15, 0.2) is 24.3 Å². The van der Waals surface area contributed by atoms with Crippen LogP contribution in [0.2, 0.25) is 0 Å². The zero-order valence-corrected chi connectivity index (χ0v) is 14.1. The Kier molecular flexibility index (Phi) is 4.42. The molecule has 0 saturated carbocycles. The first-order chi connectivity index (χ1) is 11.2. The fourth-order valence-electron chi connectivity index (χ4n) is 3.43. The van der Waals surface area contributed by atoms with E-state index >= 15 is 0 Å². The maximum absolute atomic E-state index is 11.5. The van der Waals surface area contributed by atoms with E-state index in [1.54, 1.807) is 7.05 Å². The molecular weight excluding hydrogens is 288 g/mol. The molecule has 1 aromatic carbocycles. The number of nitrogens with zero attached hydrogens (tertiary/aromatic N) is 1. The minimum Gasteiger partial charge on any atom is -0.445 e. The molecule has 1 aromatic heterocycles. The van der Waals surface area contributed by atoms with Gasteiger partial charge >= 0.3 is 6.09 Å². The van der Waals surface area contributed by atoms with Crippen molar-refractivity contribution in [2.24, 2.45) is 0 Å². The Labute approximate surface area is 137 Å². The second kappa shape index (κ2) is 6.49. The molecular formula is C19H24N2O2. The smallest absolute Gasteiger partial charge is 0.407 e. The Morgan fingerprint density at radius 1 is 1.35 bits per heavy atom. The fraction of sp³-hybridized carbons (Fsp3) is 0.421. The van der Waals surface area contributed by atoms with Gasteiger partial charge in [-0.2, -0.15) is 0 Å². The summed E-state index contributed by atoms with van der Waals surface area (Å²) >= 11 is 0. The van der Waals surface area contributed by atoms with Gasteiger partial charge in [-0.1, -0.05) is 31.5 Å². The number of unbranched alkanes of at least 4 members (excludes halogenated alkanes) is 1. The predicted molar refractivity (Wildman–Crippen MR) is 91.2 cm³/mol. The summed E-state index contributed by atoms with van der Waals surface area (Å²) in [5.74, 6) is 0. The van der Waals surface area contributed by atoms with Crippen molar-refractivity contribution in [2.75, 3.05) is 7.05 Å². The van der Waals surface area contributed by atoms with Gasteiger partial charge in [0.2, 0.25) is 0 Å². The minimum absolute atomic E-state index is 0.340. The van der Waals surface area contributed by atoms with Crippen molar-refractivity contribution in [1.82, 2.24) is 9.88 Å². The second-order valence-corrected chi connectivity index (χ2v) is 6.07. The highest BCUT2D eigenvalue weighted by Crippen LogP contribution is 2.36. The quantitative estimate of drug-likeness (QED) is 0.776. The summed E-state index contributed by atoms with van der Waals surface area (Å²) in [7, 11) is 1.59. The summed E-state index contributed by atoms with van der Waals surface area (Å²) < 4.78 is 7.73. The van der Waals surface area contributed by atoms with Crippen LogP contribution in [0.1, 0.15) is 47.8 Å². The predicted octanol–water partition coefficient (Wildman–Crippen LogP) is 3.89. The highest BCUT2D eigenvalue weighted by Gasteiger charge is 2.27. The molecule has 1 N–H and O–H groups in total. The number of amides is 1. The number of carbonyl (C=O) groups is 1. The zero-order valence-electron chi connectivity index (χ0n) is 14.1. The number of fused-ring (bicyclic) bond motifs is 3. The van der Waals surface area contributed by atoms with Crippen molar-refractivity contribution in [3.8, 4) is 5.69 Å². The Balaban J connectivity index is 2.03. The molecule has 1 amide bonds. The summed E-state index contributed by atoms with van der Waals surface area (Å²) in [6.07, 6.45) is 3.88. The van der Waals surface area contributed by atoms with Crippen LogP contribution in [0.5, 0.6) is 0 Å². The molecule has 122 valence electrons. The average molecular weight is 312 g/mol. The van der Waals surface area contributed by atoms with E-state index in [0.29, 0.717) is 6.61 Å². The van der Waals surface area contributed by atoms with Gasteiger partial charge in [-0.25, -0.2) is 4.79 Å². The molecule has 0 saturated heterocycles. The molecule has 4 nitrogen and oxygen atoms in total. The number of para-hydroxylation sites is 1. The lowest BCUT2D eigenvalue weighted by molar-refractivity contribution is 0.141. The molecule has 0 unspecified atom stereocenters. The van der Waals surface area contributed by atoms with Crippen LogP contribution in [0.4, 0.5) is 4.79 Å². The summed E-state index contributed by atoms with van der Waals surface area (Å²) in [5, 5.41) is 2.51. The summed E-state index contributed by atoms with van der Waals surface area (Å²) in [6.45, 7) is 4.69. The number of alkyl carbamates (subject to hydrolysis) is 1. The van der Waals surface area contributed by atoms with Gasteiger partial charge in [-0.3, -0.25) is 0 Å². The lowest BCUT2D eigenvalue weighted by Gasteiger charge is -2.12. The molecule has 0 fully saturated rings. The Morgan fingerprint density at radius 3 is 2.87 bits per heavy atom. The van der Waals surface area contributed by atoms with Crippen molar-refractivity contribution in [3.05, 3.63) is 52.3 Å². The highest BCUT2D eigenvalue weighted by atomic mass is 16.5. The standard InChI is InChI=1S/C19H24N2O2/c1-4-5-9-17-15(12-23-19(22)20-3)13(2)18-11-14-8-6-7-10-16(14)21(17)18/h6-8,10H,4-5,9,11-12H2,1-3H3,(H,20,22). The zero-order chi connectivity index (χ0) is 16.4. The number of benzene rings is 1. The molecule has 4 heteroatoms. The summed E-state index contributed by atoms with van der Waals surface area (Å²) in [5.41, 5.74) is 7.73. The lowest BCUT2D eigenvalue weighted by atomic mass is 10.0. The lowest BCUT2D eigenvalue weighted by Crippen LogP contribution is -2.19. The van der Waals surface area contributed by atoms with Crippen molar-refractivity contribution in [1.29, 1.82) is 0 Å². The highest BCUT2D eigenvalue weighted by molar-refractivity contribution is 5.67. The third kappa shape index (κ3) is 2.74. The van der Waals surface area contributed by atoms with E-state index in [2.05, 4.69) is 48.0 Å². The molecule has 0 aliphatic carbocycles. The Bertz CT molecular complexity index is 731. The van der Waals surface area contributed by atoms with Crippen molar-refractivity contribution < 1.29 is 9.53 Å². The normalized spacial score (nSPS) is 12.0. The third-order valence-electron chi connectivity index (χ3n) is 4.68. The number of carbonyl (C=O) groups excluding carboxylic acids is 1. The van der Waals surface area contributed by atoms with Crippen LogP contribution in [0.25, 0.3) is 5.69 Å². The van der Waals surface area contributed by atoms with Gasteiger partial charge in [0.1, 0.15) is 6.61 Å². The number of aromatic nitrogens is 1. The molecule has 0 radical (unpaired) electrons. The van der Waals surface area contributed by atoms with E-state index in [4.69, 9.17) is 4.74 Å². The first-order valence-electron chi connectivity index (χ1n) is 8.32. The van der Waals surface area contributed by atoms with Gasteiger partial charge in [0.05, 0.1) is 0 Å². The van der Waals surface area contributed by atoms with Crippen LogP contribution in [0.3, 0.4) is 0 Å². The number of hydrogen-bond donors (Lipinski definition) is 1. The van der Waals surface area contributed by atoms with Crippen LogP contribution in [-0.2, 0) is 24.2 Å². The van der Waals surface area contributed by atoms with Crippen LogP contribution >= 0.6 is 0 Å². The third-order valence-corrected chi connectivity index (χ3v) is 4.68. The molecule has 1 aliphatic heterocycles.